The molecule has 1 amide bonds. The first kappa shape index (κ1) is 22.2. The largest absolute Gasteiger partial charge is 0.478 e. The topological polar surface area (TPSA) is 83.6 Å². The lowest BCUT2D eigenvalue weighted by Crippen LogP contribution is -2.32. The maximum atomic E-state index is 12.6. The number of carbonyl (C=O) groups excluding carboxylic acids is 1. The van der Waals surface area contributed by atoms with Crippen molar-refractivity contribution in [2.75, 3.05) is 18.0 Å². The minimum Gasteiger partial charge on any atom is -0.478 e. The fourth-order valence-corrected chi connectivity index (χ4v) is 4.65. The van der Waals surface area contributed by atoms with Crippen molar-refractivity contribution in [3.8, 4) is 0 Å². The maximum Gasteiger partial charge on any atom is 0.335 e. The van der Waals surface area contributed by atoms with Crippen LogP contribution in [0.5, 0.6) is 0 Å². The zero-order valence-electron chi connectivity index (χ0n) is 17.3. The van der Waals surface area contributed by atoms with Crippen molar-refractivity contribution < 1.29 is 14.7 Å². The molecular weight excluding hydrogens is 400 g/mol. The summed E-state index contributed by atoms with van der Waals surface area (Å²) in [6, 6.07) is 12.4. The lowest BCUT2D eigenvalue weighted by molar-refractivity contribution is -0.120. The molecule has 5 nitrogen and oxygen atoms in total. The van der Waals surface area contributed by atoms with Crippen LogP contribution >= 0.6 is 11.6 Å². The van der Waals surface area contributed by atoms with Crippen molar-refractivity contribution in [1.82, 2.24) is 0 Å². The van der Waals surface area contributed by atoms with Gasteiger partial charge in [0, 0.05) is 29.7 Å². The number of carboxylic acids is 1. The van der Waals surface area contributed by atoms with Gasteiger partial charge in [-0.15, -0.1) is 0 Å². The molecule has 1 heterocycles. The SMILES string of the molecule is CCCC(c1ccc(Cl)cc1N1CCCCC1)C(C(N)=O)c1ccc(C(=O)O)cc1. The molecule has 0 spiro atoms. The molecule has 0 aromatic heterocycles. The quantitative estimate of drug-likeness (QED) is 0.606. The number of nitrogens with two attached hydrogens (primary N) is 1. The third kappa shape index (κ3) is 4.96. The van der Waals surface area contributed by atoms with Gasteiger partial charge in [-0.2, -0.15) is 0 Å². The highest BCUT2D eigenvalue weighted by atomic mass is 35.5. The standard InChI is InChI=1S/C24H29ClN2O3/c1-2-6-20(22(23(26)28)16-7-9-17(10-8-16)24(29)30)19-12-11-18(25)15-21(19)27-13-4-3-5-14-27/h7-12,15,20,22H,2-6,13-14H2,1H3,(H2,26,28)(H,29,30). The summed E-state index contributed by atoms with van der Waals surface area (Å²) in [5.41, 5.74) is 8.99. The lowest BCUT2D eigenvalue weighted by Gasteiger charge is -2.34. The molecule has 0 aliphatic carbocycles. The summed E-state index contributed by atoms with van der Waals surface area (Å²) in [5, 5.41) is 9.87. The number of aromatic carboxylic acids is 1. The molecule has 0 radical (unpaired) electrons. The molecule has 2 aromatic rings. The van der Waals surface area contributed by atoms with E-state index < -0.39 is 17.8 Å². The van der Waals surface area contributed by atoms with Crippen molar-refractivity contribution in [3.05, 3.63) is 64.2 Å². The van der Waals surface area contributed by atoms with Crippen LogP contribution in [0.15, 0.2) is 42.5 Å². The number of hydrogen-bond acceptors (Lipinski definition) is 3. The maximum absolute atomic E-state index is 12.6. The normalized spacial score (nSPS) is 16.1. The van der Waals surface area contributed by atoms with Crippen LogP contribution in [-0.4, -0.2) is 30.1 Å². The highest BCUT2D eigenvalue weighted by Crippen LogP contribution is 2.42. The van der Waals surface area contributed by atoms with E-state index in [9.17, 15) is 14.7 Å². The predicted octanol–water partition coefficient (Wildman–Crippen LogP) is 5.18. The van der Waals surface area contributed by atoms with Gasteiger partial charge in [-0.3, -0.25) is 4.79 Å². The number of anilines is 1. The van der Waals surface area contributed by atoms with Crippen molar-refractivity contribution in [2.24, 2.45) is 5.73 Å². The Morgan fingerprint density at radius 1 is 1.10 bits per heavy atom. The summed E-state index contributed by atoms with van der Waals surface area (Å²) in [7, 11) is 0. The molecule has 1 aliphatic rings. The minimum absolute atomic E-state index is 0.114. The fraction of sp³-hybridized carbons (Fsp3) is 0.417. The first-order valence-corrected chi connectivity index (χ1v) is 11.0. The number of primary amides is 1. The molecule has 3 N–H and O–H groups in total. The summed E-state index contributed by atoms with van der Waals surface area (Å²) < 4.78 is 0. The van der Waals surface area contributed by atoms with Crippen molar-refractivity contribution in [3.63, 3.8) is 0 Å². The molecule has 0 bridgehead atoms. The highest BCUT2D eigenvalue weighted by Gasteiger charge is 2.32. The van der Waals surface area contributed by atoms with Gasteiger partial charge in [-0.25, -0.2) is 4.79 Å². The number of halogens is 1. The van der Waals surface area contributed by atoms with E-state index in [4.69, 9.17) is 17.3 Å². The number of hydrogen-bond donors (Lipinski definition) is 2. The predicted molar refractivity (Wildman–Crippen MR) is 121 cm³/mol. The Hall–Kier alpha value is -2.53. The van der Waals surface area contributed by atoms with Crippen LogP contribution in [0.3, 0.4) is 0 Å². The summed E-state index contributed by atoms with van der Waals surface area (Å²) in [6.07, 6.45) is 5.19. The van der Waals surface area contributed by atoms with Gasteiger partial charge in [0.1, 0.15) is 0 Å². The van der Waals surface area contributed by atoms with Crippen LogP contribution in [-0.2, 0) is 4.79 Å². The zero-order chi connectivity index (χ0) is 21.7. The van der Waals surface area contributed by atoms with Gasteiger partial charge in [0.15, 0.2) is 0 Å². The van der Waals surface area contributed by atoms with Gasteiger partial charge in [-0.1, -0.05) is 43.1 Å². The third-order valence-corrected chi connectivity index (χ3v) is 6.15. The second-order valence-electron chi connectivity index (χ2n) is 7.95. The van der Waals surface area contributed by atoms with E-state index >= 15 is 0 Å². The van der Waals surface area contributed by atoms with Crippen LogP contribution in [0.2, 0.25) is 5.02 Å². The Morgan fingerprint density at radius 3 is 2.33 bits per heavy atom. The van der Waals surface area contributed by atoms with Crippen LogP contribution < -0.4 is 10.6 Å². The summed E-state index contributed by atoms with van der Waals surface area (Å²) >= 11 is 6.35. The van der Waals surface area contributed by atoms with Gasteiger partial charge < -0.3 is 15.7 Å². The van der Waals surface area contributed by atoms with E-state index in [0.29, 0.717) is 5.02 Å². The van der Waals surface area contributed by atoms with Crippen molar-refractivity contribution >= 4 is 29.2 Å². The molecule has 2 unspecified atom stereocenters. The molecular formula is C24H29ClN2O3. The molecule has 0 saturated carbocycles. The minimum atomic E-state index is -0.993. The second kappa shape index (κ2) is 9.98. The van der Waals surface area contributed by atoms with Crippen LogP contribution in [0.1, 0.15) is 72.3 Å². The first-order valence-electron chi connectivity index (χ1n) is 10.6. The van der Waals surface area contributed by atoms with Crippen molar-refractivity contribution in [2.45, 2.75) is 50.9 Å². The van der Waals surface area contributed by atoms with Crippen LogP contribution in [0, 0.1) is 0 Å². The Morgan fingerprint density at radius 2 is 1.77 bits per heavy atom. The molecule has 160 valence electrons. The second-order valence-corrected chi connectivity index (χ2v) is 8.39. The Labute approximate surface area is 182 Å². The number of rotatable bonds is 8. The number of nitrogens with zero attached hydrogens (tertiary/aromatic N) is 1. The number of carbonyl (C=O) groups is 2. The van der Waals surface area contributed by atoms with E-state index in [2.05, 4.69) is 11.8 Å². The van der Waals surface area contributed by atoms with E-state index in [1.165, 1.54) is 18.6 Å². The molecule has 1 fully saturated rings. The van der Waals surface area contributed by atoms with E-state index in [1.54, 1.807) is 12.1 Å². The van der Waals surface area contributed by atoms with E-state index in [1.807, 2.05) is 18.2 Å². The molecule has 1 saturated heterocycles. The Bertz CT molecular complexity index is 892. The van der Waals surface area contributed by atoms with Crippen molar-refractivity contribution in [1.29, 1.82) is 0 Å². The van der Waals surface area contributed by atoms with E-state index in [0.717, 1.165) is 55.6 Å². The van der Waals surface area contributed by atoms with Gasteiger partial charge >= 0.3 is 5.97 Å². The first-order chi connectivity index (χ1) is 14.4. The average molecular weight is 429 g/mol. The Balaban J connectivity index is 2.06. The van der Waals surface area contributed by atoms with Gasteiger partial charge in [0.2, 0.25) is 5.91 Å². The lowest BCUT2D eigenvalue weighted by atomic mass is 9.77. The number of carboxylic acid groups (broad SMARTS) is 1. The van der Waals surface area contributed by atoms with Gasteiger partial charge in [-0.05, 0) is 61.1 Å². The Kier molecular flexibility index (Phi) is 7.38. The average Bonchev–Trinajstić information content (AvgIpc) is 2.74. The van der Waals surface area contributed by atoms with Crippen LogP contribution in [0.25, 0.3) is 0 Å². The molecule has 6 heteroatoms. The monoisotopic (exact) mass is 428 g/mol. The molecule has 2 aromatic carbocycles. The van der Waals surface area contributed by atoms with Gasteiger partial charge in [0.05, 0.1) is 11.5 Å². The van der Waals surface area contributed by atoms with Crippen LogP contribution in [0.4, 0.5) is 5.69 Å². The summed E-state index contributed by atoms with van der Waals surface area (Å²) in [6.45, 7) is 4.04. The van der Waals surface area contributed by atoms with E-state index in [-0.39, 0.29) is 11.5 Å². The zero-order valence-corrected chi connectivity index (χ0v) is 18.1. The highest BCUT2D eigenvalue weighted by molar-refractivity contribution is 6.30. The number of amides is 1. The smallest absolute Gasteiger partial charge is 0.335 e. The summed E-state index contributed by atoms with van der Waals surface area (Å²) in [4.78, 5) is 26.2. The molecule has 30 heavy (non-hydrogen) atoms. The number of benzene rings is 2. The third-order valence-electron chi connectivity index (χ3n) is 5.91. The molecule has 2 atom stereocenters. The summed E-state index contributed by atoms with van der Waals surface area (Å²) in [5.74, 6) is -2.06. The molecule has 3 rings (SSSR count). The van der Waals surface area contributed by atoms with Gasteiger partial charge in [0.25, 0.3) is 0 Å². The fourth-order valence-electron chi connectivity index (χ4n) is 4.48. The number of piperidine rings is 1. The molecule has 1 aliphatic heterocycles.